The lowest BCUT2D eigenvalue weighted by molar-refractivity contribution is 0.209. The average molecular weight is 332 g/mol. The van der Waals surface area contributed by atoms with Crippen LogP contribution >= 0.6 is 27.5 Å². The molecule has 1 saturated heterocycles. The Morgan fingerprint density at radius 2 is 1.89 bits per heavy atom. The predicted octanol–water partition coefficient (Wildman–Crippen LogP) is 3.77. The molecule has 0 amide bonds. The number of nitrogens with zero attached hydrogens (tertiary/aromatic N) is 2. The van der Waals surface area contributed by atoms with E-state index in [0.717, 1.165) is 36.5 Å². The first-order valence-corrected chi connectivity index (χ1v) is 7.95. The van der Waals surface area contributed by atoms with Gasteiger partial charge in [-0.05, 0) is 25.5 Å². The minimum absolute atomic E-state index is 0.633. The molecule has 0 unspecified atom stereocenters. The first-order valence-electron chi connectivity index (χ1n) is 6.46. The van der Waals surface area contributed by atoms with Gasteiger partial charge in [-0.3, -0.25) is 4.90 Å². The fourth-order valence-electron chi connectivity index (χ4n) is 2.48. The number of para-hydroxylation sites is 1. The summed E-state index contributed by atoms with van der Waals surface area (Å²) >= 11 is 9.91. The molecule has 2 nitrogen and oxygen atoms in total. The molecular weight excluding hydrogens is 312 g/mol. The van der Waals surface area contributed by atoms with E-state index in [1.807, 2.05) is 12.1 Å². The second kappa shape index (κ2) is 6.27. The normalized spacial score (nSPS) is 17.5. The van der Waals surface area contributed by atoms with Crippen molar-refractivity contribution in [1.82, 2.24) is 4.90 Å². The van der Waals surface area contributed by atoms with Gasteiger partial charge in [0.25, 0.3) is 0 Å². The third kappa shape index (κ3) is 3.01. The predicted molar refractivity (Wildman–Crippen MR) is 83.0 cm³/mol. The molecule has 100 valence electrons. The van der Waals surface area contributed by atoms with Crippen LogP contribution in [0.1, 0.15) is 19.4 Å². The van der Waals surface area contributed by atoms with Crippen LogP contribution in [0.4, 0.5) is 5.69 Å². The summed E-state index contributed by atoms with van der Waals surface area (Å²) in [5.41, 5.74) is 2.49. The molecule has 1 heterocycles. The van der Waals surface area contributed by atoms with Crippen molar-refractivity contribution in [3.05, 3.63) is 28.8 Å². The van der Waals surface area contributed by atoms with E-state index in [1.165, 1.54) is 11.3 Å². The van der Waals surface area contributed by atoms with E-state index in [9.17, 15) is 0 Å². The Balaban J connectivity index is 2.14. The van der Waals surface area contributed by atoms with Crippen molar-refractivity contribution < 1.29 is 0 Å². The summed E-state index contributed by atoms with van der Waals surface area (Å²) < 4.78 is 0. The quantitative estimate of drug-likeness (QED) is 0.778. The maximum Gasteiger partial charge on any atom is 0.0642 e. The third-order valence-corrected chi connectivity index (χ3v) is 4.48. The van der Waals surface area contributed by atoms with Crippen LogP contribution in [0.2, 0.25) is 5.02 Å². The fourth-order valence-corrected chi connectivity index (χ4v) is 3.25. The van der Waals surface area contributed by atoms with Crippen LogP contribution in [-0.4, -0.2) is 37.1 Å². The summed E-state index contributed by atoms with van der Waals surface area (Å²) in [6.45, 7) is 8.86. The fraction of sp³-hybridized carbons (Fsp3) is 0.571. The zero-order valence-corrected chi connectivity index (χ0v) is 13.3. The zero-order chi connectivity index (χ0) is 13.1. The lowest BCUT2D eigenvalue weighted by Crippen LogP contribution is -2.49. The van der Waals surface area contributed by atoms with Crippen molar-refractivity contribution in [2.75, 3.05) is 31.1 Å². The van der Waals surface area contributed by atoms with Gasteiger partial charge in [-0.1, -0.05) is 39.7 Å². The third-order valence-electron chi connectivity index (χ3n) is 3.58. The number of anilines is 1. The molecule has 0 saturated carbocycles. The lowest BCUT2D eigenvalue weighted by atomic mass is 10.1. The Morgan fingerprint density at radius 3 is 2.44 bits per heavy atom. The van der Waals surface area contributed by atoms with Gasteiger partial charge in [0.15, 0.2) is 0 Å². The van der Waals surface area contributed by atoms with Gasteiger partial charge >= 0.3 is 0 Å². The summed E-state index contributed by atoms with van der Waals surface area (Å²) in [4.78, 5) is 4.93. The van der Waals surface area contributed by atoms with E-state index < -0.39 is 0 Å². The van der Waals surface area contributed by atoms with Crippen molar-refractivity contribution in [2.24, 2.45) is 0 Å². The van der Waals surface area contributed by atoms with Gasteiger partial charge in [0.05, 0.1) is 10.7 Å². The highest BCUT2D eigenvalue weighted by Gasteiger charge is 2.21. The molecule has 18 heavy (non-hydrogen) atoms. The molecule has 2 rings (SSSR count). The summed E-state index contributed by atoms with van der Waals surface area (Å²) in [7, 11) is 0. The summed E-state index contributed by atoms with van der Waals surface area (Å²) in [5.74, 6) is 0. The number of hydrogen-bond donors (Lipinski definition) is 0. The Kier molecular flexibility index (Phi) is 4.93. The highest BCUT2D eigenvalue weighted by molar-refractivity contribution is 9.08. The molecule has 1 fully saturated rings. The zero-order valence-electron chi connectivity index (χ0n) is 11.0. The number of rotatable bonds is 3. The number of halogens is 2. The first kappa shape index (κ1) is 14.2. The monoisotopic (exact) mass is 330 g/mol. The maximum absolute atomic E-state index is 6.36. The molecule has 1 aromatic rings. The van der Waals surface area contributed by atoms with Crippen molar-refractivity contribution >= 4 is 33.2 Å². The minimum atomic E-state index is 0.633. The van der Waals surface area contributed by atoms with Crippen LogP contribution in [-0.2, 0) is 5.33 Å². The van der Waals surface area contributed by atoms with Crippen LogP contribution in [0, 0.1) is 0 Å². The van der Waals surface area contributed by atoms with Crippen molar-refractivity contribution in [3.8, 4) is 0 Å². The van der Waals surface area contributed by atoms with E-state index in [1.54, 1.807) is 0 Å². The molecule has 1 aromatic carbocycles. The van der Waals surface area contributed by atoms with E-state index in [0.29, 0.717) is 6.04 Å². The first-order chi connectivity index (χ1) is 8.63. The largest absolute Gasteiger partial charge is 0.368 e. The Hall–Kier alpha value is -0.250. The number of hydrogen-bond acceptors (Lipinski definition) is 2. The van der Waals surface area contributed by atoms with E-state index >= 15 is 0 Å². The lowest BCUT2D eigenvalue weighted by Gasteiger charge is -2.39. The van der Waals surface area contributed by atoms with E-state index in [2.05, 4.69) is 45.6 Å². The van der Waals surface area contributed by atoms with Gasteiger partial charge in [-0.15, -0.1) is 0 Å². The summed E-state index contributed by atoms with van der Waals surface area (Å²) in [6, 6.07) is 6.78. The summed E-state index contributed by atoms with van der Waals surface area (Å²) in [5, 5.41) is 1.72. The number of benzene rings is 1. The van der Waals surface area contributed by atoms with Crippen molar-refractivity contribution in [3.63, 3.8) is 0 Å². The van der Waals surface area contributed by atoms with E-state index in [4.69, 9.17) is 11.6 Å². The molecule has 1 aliphatic heterocycles. The van der Waals surface area contributed by atoms with Gasteiger partial charge in [-0.25, -0.2) is 0 Å². The Bertz CT molecular complexity index is 401. The molecule has 4 heteroatoms. The summed E-state index contributed by atoms with van der Waals surface area (Å²) in [6.07, 6.45) is 0. The van der Waals surface area contributed by atoms with Gasteiger partial charge in [-0.2, -0.15) is 0 Å². The number of alkyl halides is 1. The van der Waals surface area contributed by atoms with Crippen molar-refractivity contribution in [2.45, 2.75) is 25.2 Å². The molecule has 0 atom stereocenters. The van der Waals surface area contributed by atoms with Crippen LogP contribution in [0.5, 0.6) is 0 Å². The Morgan fingerprint density at radius 1 is 1.22 bits per heavy atom. The topological polar surface area (TPSA) is 6.48 Å². The highest BCUT2D eigenvalue weighted by Crippen LogP contribution is 2.32. The second-order valence-electron chi connectivity index (χ2n) is 5.00. The maximum atomic E-state index is 6.36. The second-order valence-corrected chi connectivity index (χ2v) is 5.97. The van der Waals surface area contributed by atoms with Gasteiger partial charge in [0.1, 0.15) is 0 Å². The van der Waals surface area contributed by atoms with Crippen molar-refractivity contribution in [1.29, 1.82) is 0 Å². The van der Waals surface area contributed by atoms with Gasteiger partial charge in [0, 0.05) is 37.6 Å². The molecule has 0 spiro atoms. The molecular formula is C14H20BrClN2. The average Bonchev–Trinajstić information content (AvgIpc) is 2.38. The van der Waals surface area contributed by atoms with E-state index in [-0.39, 0.29) is 0 Å². The van der Waals surface area contributed by atoms with Crippen LogP contribution < -0.4 is 4.90 Å². The van der Waals surface area contributed by atoms with Crippen LogP contribution in [0.25, 0.3) is 0 Å². The standard InChI is InChI=1S/C14H20BrClN2/c1-11(2)17-6-8-18(9-7-17)14-12(10-15)4-3-5-13(14)16/h3-5,11H,6-10H2,1-2H3. The Labute approximate surface area is 123 Å². The molecule has 0 N–H and O–H groups in total. The number of piperazine rings is 1. The van der Waals surface area contributed by atoms with Crippen LogP contribution in [0.3, 0.4) is 0 Å². The van der Waals surface area contributed by atoms with Gasteiger partial charge in [0.2, 0.25) is 0 Å². The molecule has 0 bridgehead atoms. The minimum Gasteiger partial charge on any atom is -0.368 e. The molecule has 0 aliphatic carbocycles. The molecule has 0 aromatic heterocycles. The molecule has 1 aliphatic rings. The highest BCUT2D eigenvalue weighted by atomic mass is 79.9. The smallest absolute Gasteiger partial charge is 0.0642 e. The van der Waals surface area contributed by atoms with Gasteiger partial charge < -0.3 is 4.90 Å². The SMILES string of the molecule is CC(C)N1CCN(c2c(Cl)cccc2CBr)CC1. The molecule has 0 radical (unpaired) electrons. The van der Waals surface area contributed by atoms with Crippen LogP contribution in [0.15, 0.2) is 18.2 Å².